The van der Waals surface area contributed by atoms with Crippen molar-refractivity contribution < 1.29 is 32.4 Å². The van der Waals surface area contributed by atoms with Crippen molar-refractivity contribution in [2.75, 3.05) is 13.1 Å². The number of rotatable bonds is 2. The van der Waals surface area contributed by atoms with Gasteiger partial charge in [-0.3, -0.25) is 4.79 Å². The van der Waals surface area contributed by atoms with Crippen LogP contribution >= 0.6 is 0 Å². The maximum absolute atomic E-state index is 11.5. The molecule has 1 amide bonds. The number of carbonyl (C=O) groups excluding carboxylic acids is 1. The van der Waals surface area contributed by atoms with Crippen molar-refractivity contribution in [3.8, 4) is 0 Å². The molecule has 3 atom stereocenters. The number of fused-ring (bicyclic) bond motifs is 1. The number of halogens is 3. The van der Waals surface area contributed by atoms with Gasteiger partial charge in [-0.05, 0) is 11.8 Å². The van der Waals surface area contributed by atoms with Gasteiger partial charge in [0.15, 0.2) is 0 Å². The molecule has 3 rings (SSSR count). The van der Waals surface area contributed by atoms with Gasteiger partial charge < -0.3 is 20.3 Å². The average Bonchev–Trinajstić information content (AvgIpc) is 2.87. The van der Waals surface area contributed by atoms with E-state index in [1.165, 1.54) is 6.20 Å². The summed E-state index contributed by atoms with van der Waals surface area (Å²) in [5.74, 6) is -1.36. The Bertz CT molecular complexity index is 507. The number of hydrogen-bond donors (Lipinski definition) is 3. The first kappa shape index (κ1) is 15.3. The first-order valence-corrected chi connectivity index (χ1v) is 6.03. The largest absolute Gasteiger partial charge is 0.490 e. The molecular weight excluding hydrogens is 295 g/mol. The van der Waals surface area contributed by atoms with Crippen molar-refractivity contribution >= 4 is 11.9 Å². The van der Waals surface area contributed by atoms with Gasteiger partial charge in [0.2, 0.25) is 5.76 Å². The van der Waals surface area contributed by atoms with Crippen molar-refractivity contribution in [2.45, 2.75) is 12.2 Å². The molecule has 1 aromatic rings. The van der Waals surface area contributed by atoms with E-state index < -0.39 is 12.1 Å². The molecule has 1 aromatic heterocycles. The molecule has 2 fully saturated rings. The van der Waals surface area contributed by atoms with Gasteiger partial charge in [-0.1, -0.05) is 5.16 Å². The molecule has 0 radical (unpaired) electrons. The van der Waals surface area contributed by atoms with Crippen molar-refractivity contribution in [3.05, 3.63) is 18.0 Å². The quantitative estimate of drug-likeness (QED) is 0.724. The fourth-order valence-corrected chi connectivity index (χ4v) is 2.19. The minimum Gasteiger partial charge on any atom is -0.475 e. The highest BCUT2D eigenvalue weighted by Crippen LogP contribution is 2.41. The van der Waals surface area contributed by atoms with Crippen LogP contribution in [0.2, 0.25) is 0 Å². The SMILES string of the molecule is O=C(NC1[C@H]2CNC[C@@H]12)c1ccno1.O=C(O)C(F)(F)F. The van der Waals surface area contributed by atoms with Gasteiger partial charge >= 0.3 is 12.1 Å². The summed E-state index contributed by atoms with van der Waals surface area (Å²) in [7, 11) is 0. The zero-order chi connectivity index (χ0) is 15.6. The number of carboxylic acid groups (broad SMARTS) is 1. The number of aliphatic carboxylic acids is 1. The second-order valence-electron chi connectivity index (χ2n) is 4.66. The third-order valence-corrected chi connectivity index (χ3v) is 3.29. The Labute approximate surface area is 116 Å². The van der Waals surface area contributed by atoms with Gasteiger partial charge in [-0.2, -0.15) is 13.2 Å². The first-order chi connectivity index (χ1) is 9.80. The number of alkyl halides is 3. The van der Waals surface area contributed by atoms with Gasteiger partial charge in [-0.25, -0.2) is 4.79 Å². The molecule has 116 valence electrons. The molecule has 2 heterocycles. The molecule has 2 aliphatic rings. The lowest BCUT2D eigenvalue weighted by Crippen LogP contribution is -2.32. The summed E-state index contributed by atoms with van der Waals surface area (Å²) in [6.07, 6.45) is -3.61. The molecule has 1 unspecified atom stereocenters. The lowest BCUT2D eigenvalue weighted by molar-refractivity contribution is -0.192. The van der Waals surface area contributed by atoms with Gasteiger partial charge in [0, 0.05) is 25.2 Å². The fourth-order valence-electron chi connectivity index (χ4n) is 2.19. The van der Waals surface area contributed by atoms with E-state index in [-0.39, 0.29) is 5.91 Å². The molecule has 7 nitrogen and oxygen atoms in total. The number of aromatic nitrogens is 1. The Kier molecular flexibility index (Phi) is 4.16. The summed E-state index contributed by atoms with van der Waals surface area (Å²) in [5, 5.41) is 16.8. The van der Waals surface area contributed by atoms with E-state index >= 15 is 0 Å². The van der Waals surface area contributed by atoms with Gasteiger partial charge in [-0.15, -0.1) is 0 Å². The third-order valence-electron chi connectivity index (χ3n) is 3.29. The number of hydrogen-bond acceptors (Lipinski definition) is 5. The average molecular weight is 307 g/mol. The maximum atomic E-state index is 11.5. The number of carbonyl (C=O) groups is 2. The van der Waals surface area contributed by atoms with E-state index in [4.69, 9.17) is 14.4 Å². The second-order valence-corrected chi connectivity index (χ2v) is 4.66. The van der Waals surface area contributed by atoms with Crippen LogP contribution in [0.15, 0.2) is 16.8 Å². The Hall–Kier alpha value is -2.10. The highest BCUT2D eigenvalue weighted by atomic mass is 19.4. The summed E-state index contributed by atoms with van der Waals surface area (Å²) >= 11 is 0. The number of carboxylic acids is 1. The van der Waals surface area contributed by atoms with Crippen LogP contribution in [0.5, 0.6) is 0 Å². The monoisotopic (exact) mass is 307 g/mol. The van der Waals surface area contributed by atoms with Crippen molar-refractivity contribution in [1.82, 2.24) is 15.8 Å². The molecule has 3 N–H and O–H groups in total. The highest BCUT2D eigenvalue weighted by molar-refractivity contribution is 5.91. The zero-order valence-electron chi connectivity index (χ0n) is 10.6. The van der Waals surface area contributed by atoms with Crippen molar-refractivity contribution in [1.29, 1.82) is 0 Å². The molecule has 21 heavy (non-hydrogen) atoms. The van der Waals surface area contributed by atoms with Crippen LogP contribution in [0.4, 0.5) is 13.2 Å². The Balaban J connectivity index is 0.000000199. The van der Waals surface area contributed by atoms with E-state index in [1.807, 2.05) is 0 Å². The molecule has 10 heteroatoms. The normalized spacial score (nSPS) is 26.3. The summed E-state index contributed by atoms with van der Waals surface area (Å²) < 4.78 is 36.5. The molecular formula is C11H12F3N3O4. The zero-order valence-corrected chi connectivity index (χ0v) is 10.6. The maximum Gasteiger partial charge on any atom is 0.490 e. The van der Waals surface area contributed by atoms with E-state index in [9.17, 15) is 18.0 Å². The summed E-state index contributed by atoms with van der Waals surface area (Å²) in [5.41, 5.74) is 0. The van der Waals surface area contributed by atoms with Gasteiger partial charge in [0.1, 0.15) is 0 Å². The molecule has 0 spiro atoms. The van der Waals surface area contributed by atoms with Crippen LogP contribution in [-0.2, 0) is 4.79 Å². The summed E-state index contributed by atoms with van der Waals surface area (Å²) in [4.78, 5) is 20.4. The van der Waals surface area contributed by atoms with E-state index in [2.05, 4.69) is 15.8 Å². The number of nitrogens with one attached hydrogen (secondary N) is 2. The second kappa shape index (κ2) is 5.72. The van der Waals surface area contributed by atoms with E-state index in [0.29, 0.717) is 23.6 Å². The number of amides is 1. The summed E-state index contributed by atoms with van der Waals surface area (Å²) in [6.45, 7) is 2.04. The standard InChI is InChI=1S/C9H11N3O2.C2HF3O2/c13-9(7-1-2-11-14-7)12-8-5-3-10-4-6(5)8;3-2(4,5)1(6)7/h1-2,5-6,8,10H,3-4H2,(H,12,13);(H,6,7)/t5-,6+,8?;. The minimum absolute atomic E-state index is 0.151. The Morgan fingerprint density at radius 1 is 1.38 bits per heavy atom. The van der Waals surface area contributed by atoms with Crippen LogP contribution in [0.25, 0.3) is 0 Å². The molecule has 0 aromatic carbocycles. The van der Waals surface area contributed by atoms with Crippen LogP contribution in [-0.4, -0.2) is 47.4 Å². The smallest absolute Gasteiger partial charge is 0.475 e. The molecule has 1 aliphatic carbocycles. The minimum atomic E-state index is -5.08. The van der Waals surface area contributed by atoms with E-state index in [1.54, 1.807) is 6.07 Å². The van der Waals surface area contributed by atoms with Gasteiger partial charge in [0.05, 0.1) is 6.20 Å². The Morgan fingerprint density at radius 3 is 2.38 bits per heavy atom. The first-order valence-electron chi connectivity index (χ1n) is 6.03. The third kappa shape index (κ3) is 3.72. The van der Waals surface area contributed by atoms with Crippen LogP contribution in [0, 0.1) is 11.8 Å². The van der Waals surface area contributed by atoms with Crippen LogP contribution < -0.4 is 10.6 Å². The highest BCUT2D eigenvalue weighted by Gasteiger charge is 2.53. The van der Waals surface area contributed by atoms with Crippen molar-refractivity contribution in [3.63, 3.8) is 0 Å². The molecule has 0 bridgehead atoms. The molecule has 1 saturated carbocycles. The van der Waals surface area contributed by atoms with Gasteiger partial charge in [0.25, 0.3) is 5.91 Å². The molecule has 1 saturated heterocycles. The number of piperidine rings is 1. The Morgan fingerprint density at radius 2 is 1.95 bits per heavy atom. The number of nitrogens with zero attached hydrogens (tertiary/aromatic N) is 1. The van der Waals surface area contributed by atoms with Crippen LogP contribution in [0.1, 0.15) is 10.6 Å². The molecule has 1 aliphatic heterocycles. The lowest BCUT2D eigenvalue weighted by atomic mass is 10.4. The summed E-state index contributed by atoms with van der Waals surface area (Å²) in [6, 6.07) is 1.92. The predicted molar refractivity (Wildman–Crippen MR) is 61.3 cm³/mol. The van der Waals surface area contributed by atoms with Crippen molar-refractivity contribution in [2.24, 2.45) is 11.8 Å². The topological polar surface area (TPSA) is 104 Å². The van der Waals surface area contributed by atoms with Crippen LogP contribution in [0.3, 0.4) is 0 Å². The lowest BCUT2D eigenvalue weighted by Gasteiger charge is -2.04. The predicted octanol–water partition coefficient (Wildman–Crippen LogP) is 0.255. The fraction of sp³-hybridized carbons (Fsp3) is 0.545. The van der Waals surface area contributed by atoms with E-state index in [0.717, 1.165) is 13.1 Å².